The molecule has 0 aromatic heterocycles. The van der Waals surface area contributed by atoms with E-state index in [0.29, 0.717) is 11.6 Å². The number of nitrogens with zero attached hydrogens (tertiary/aromatic N) is 1. The van der Waals surface area contributed by atoms with Crippen LogP contribution < -0.4 is 0 Å². The number of oxime groups is 1. The predicted molar refractivity (Wildman–Crippen MR) is 69.1 cm³/mol. The molecule has 0 bridgehead atoms. The van der Waals surface area contributed by atoms with Gasteiger partial charge in [-0.2, -0.15) is 0 Å². The lowest BCUT2D eigenvalue weighted by Crippen LogP contribution is -1.89. The average molecular weight is 240 g/mol. The lowest BCUT2D eigenvalue weighted by Gasteiger charge is -1.99. The van der Waals surface area contributed by atoms with Gasteiger partial charge < -0.3 is 4.84 Å². The third kappa shape index (κ3) is 5.17. The molecule has 0 fully saturated rings. The first-order valence-corrected chi connectivity index (χ1v) is 6.12. The number of rotatable bonds is 7. The second-order valence-electron chi connectivity index (χ2n) is 3.65. The summed E-state index contributed by atoms with van der Waals surface area (Å²) in [5.74, 6) is 0. The van der Waals surface area contributed by atoms with Crippen LogP contribution in [0.3, 0.4) is 0 Å². The number of unbranched alkanes of at least 4 members (excludes halogenated alkanes) is 3. The van der Waals surface area contributed by atoms with Crippen LogP contribution in [-0.4, -0.2) is 12.8 Å². The Kier molecular flexibility index (Phi) is 6.66. The molecular formula is C13H18ClNO. The highest BCUT2D eigenvalue weighted by molar-refractivity contribution is 6.33. The van der Waals surface area contributed by atoms with Gasteiger partial charge in [-0.1, -0.05) is 54.7 Å². The first-order valence-electron chi connectivity index (χ1n) is 5.74. The fraction of sp³-hybridized carbons (Fsp3) is 0.462. The van der Waals surface area contributed by atoms with Crippen molar-refractivity contribution in [1.82, 2.24) is 0 Å². The quantitative estimate of drug-likeness (QED) is 0.396. The van der Waals surface area contributed by atoms with Gasteiger partial charge in [-0.15, -0.1) is 0 Å². The Balaban J connectivity index is 2.20. The molecule has 0 unspecified atom stereocenters. The number of benzene rings is 1. The van der Waals surface area contributed by atoms with E-state index in [2.05, 4.69) is 12.1 Å². The zero-order chi connectivity index (χ0) is 11.6. The second kappa shape index (κ2) is 8.17. The normalized spacial score (nSPS) is 10.9. The van der Waals surface area contributed by atoms with E-state index < -0.39 is 0 Å². The van der Waals surface area contributed by atoms with Gasteiger partial charge in [0.25, 0.3) is 0 Å². The largest absolute Gasteiger partial charge is 0.396 e. The van der Waals surface area contributed by atoms with E-state index in [1.54, 1.807) is 6.21 Å². The van der Waals surface area contributed by atoms with E-state index in [1.165, 1.54) is 19.3 Å². The maximum atomic E-state index is 5.96. The van der Waals surface area contributed by atoms with Crippen LogP contribution >= 0.6 is 11.6 Å². The van der Waals surface area contributed by atoms with Gasteiger partial charge in [-0.25, -0.2) is 0 Å². The maximum Gasteiger partial charge on any atom is 0.117 e. The van der Waals surface area contributed by atoms with Crippen LogP contribution in [0.25, 0.3) is 0 Å². The summed E-state index contributed by atoms with van der Waals surface area (Å²) in [5.41, 5.74) is 0.887. The molecule has 1 rings (SSSR count). The molecule has 1 aromatic rings. The van der Waals surface area contributed by atoms with Crippen molar-refractivity contribution < 1.29 is 4.84 Å². The maximum absolute atomic E-state index is 5.96. The van der Waals surface area contributed by atoms with Crippen LogP contribution in [-0.2, 0) is 4.84 Å². The summed E-state index contributed by atoms with van der Waals surface area (Å²) in [7, 11) is 0. The Bertz CT molecular complexity index is 325. The van der Waals surface area contributed by atoms with Gasteiger partial charge in [0, 0.05) is 10.6 Å². The van der Waals surface area contributed by atoms with Crippen LogP contribution in [0.4, 0.5) is 0 Å². The first-order chi connectivity index (χ1) is 7.84. The Morgan fingerprint density at radius 2 is 2.06 bits per heavy atom. The molecule has 16 heavy (non-hydrogen) atoms. The molecule has 0 N–H and O–H groups in total. The molecule has 3 heteroatoms. The standard InChI is InChI=1S/C13H18ClNO/c1-2-3-4-7-10-16-15-11-12-8-5-6-9-13(12)14/h5-6,8-9,11H,2-4,7,10H2,1H3. The molecule has 0 amide bonds. The first kappa shape index (κ1) is 13.0. The lowest BCUT2D eigenvalue weighted by atomic mass is 10.2. The highest BCUT2D eigenvalue weighted by Crippen LogP contribution is 2.12. The Labute approximate surface area is 102 Å². The van der Waals surface area contributed by atoms with Crippen molar-refractivity contribution in [2.24, 2.45) is 5.16 Å². The van der Waals surface area contributed by atoms with Crippen LogP contribution in [0, 0.1) is 0 Å². The third-order valence-electron chi connectivity index (χ3n) is 2.26. The van der Waals surface area contributed by atoms with Crippen molar-refractivity contribution in [3.63, 3.8) is 0 Å². The molecule has 0 aliphatic carbocycles. The highest BCUT2D eigenvalue weighted by Gasteiger charge is 1.93. The van der Waals surface area contributed by atoms with Gasteiger partial charge in [0.2, 0.25) is 0 Å². The lowest BCUT2D eigenvalue weighted by molar-refractivity contribution is 0.141. The molecule has 0 heterocycles. The molecule has 0 saturated heterocycles. The minimum absolute atomic E-state index is 0.682. The summed E-state index contributed by atoms with van der Waals surface area (Å²) in [5, 5.41) is 4.59. The molecule has 0 aliphatic rings. The SMILES string of the molecule is CCCCCCON=Cc1ccccc1Cl. The van der Waals surface area contributed by atoms with Crippen molar-refractivity contribution in [1.29, 1.82) is 0 Å². The molecule has 0 aliphatic heterocycles. The number of halogens is 1. The van der Waals surface area contributed by atoms with Gasteiger partial charge >= 0.3 is 0 Å². The summed E-state index contributed by atoms with van der Waals surface area (Å²) in [4.78, 5) is 5.15. The Morgan fingerprint density at radius 3 is 2.81 bits per heavy atom. The van der Waals surface area contributed by atoms with E-state index in [1.807, 2.05) is 24.3 Å². The van der Waals surface area contributed by atoms with E-state index in [-0.39, 0.29) is 0 Å². The molecule has 88 valence electrons. The number of hydrogen-bond acceptors (Lipinski definition) is 2. The van der Waals surface area contributed by atoms with Crippen molar-refractivity contribution in [3.05, 3.63) is 34.9 Å². The fourth-order valence-corrected chi connectivity index (χ4v) is 1.50. The fourth-order valence-electron chi connectivity index (χ4n) is 1.32. The summed E-state index contributed by atoms with van der Waals surface area (Å²) >= 11 is 5.96. The van der Waals surface area contributed by atoms with Crippen LogP contribution in [0.15, 0.2) is 29.4 Å². The van der Waals surface area contributed by atoms with Crippen molar-refractivity contribution in [2.45, 2.75) is 32.6 Å². The monoisotopic (exact) mass is 239 g/mol. The van der Waals surface area contributed by atoms with Crippen molar-refractivity contribution in [3.8, 4) is 0 Å². The van der Waals surface area contributed by atoms with E-state index in [4.69, 9.17) is 16.4 Å². The van der Waals surface area contributed by atoms with Gasteiger partial charge in [-0.3, -0.25) is 0 Å². The van der Waals surface area contributed by atoms with Crippen LogP contribution in [0.5, 0.6) is 0 Å². The molecule has 2 nitrogen and oxygen atoms in total. The Morgan fingerprint density at radius 1 is 1.25 bits per heavy atom. The van der Waals surface area contributed by atoms with Gasteiger partial charge in [0.1, 0.15) is 6.61 Å². The molecule has 1 aromatic carbocycles. The summed E-state index contributed by atoms with van der Waals surface area (Å²) in [6.45, 7) is 2.87. The zero-order valence-corrected chi connectivity index (χ0v) is 10.4. The molecule has 0 spiro atoms. The molecule has 0 radical (unpaired) electrons. The third-order valence-corrected chi connectivity index (χ3v) is 2.60. The van der Waals surface area contributed by atoms with E-state index >= 15 is 0 Å². The van der Waals surface area contributed by atoms with Crippen LogP contribution in [0.1, 0.15) is 38.2 Å². The summed E-state index contributed by atoms with van der Waals surface area (Å²) < 4.78 is 0. The van der Waals surface area contributed by atoms with Crippen molar-refractivity contribution >= 4 is 17.8 Å². The molecular weight excluding hydrogens is 222 g/mol. The highest BCUT2D eigenvalue weighted by atomic mass is 35.5. The van der Waals surface area contributed by atoms with E-state index in [0.717, 1.165) is 12.0 Å². The average Bonchev–Trinajstić information content (AvgIpc) is 2.30. The summed E-state index contributed by atoms with van der Waals surface area (Å²) in [6, 6.07) is 7.57. The van der Waals surface area contributed by atoms with Gasteiger partial charge in [0.05, 0.1) is 6.21 Å². The zero-order valence-electron chi connectivity index (χ0n) is 9.66. The smallest absolute Gasteiger partial charge is 0.117 e. The van der Waals surface area contributed by atoms with Gasteiger partial charge in [0.15, 0.2) is 0 Å². The molecule has 0 saturated carbocycles. The van der Waals surface area contributed by atoms with Crippen LogP contribution in [0.2, 0.25) is 5.02 Å². The minimum atomic E-state index is 0.682. The van der Waals surface area contributed by atoms with Gasteiger partial charge in [-0.05, 0) is 18.9 Å². The van der Waals surface area contributed by atoms with E-state index in [9.17, 15) is 0 Å². The topological polar surface area (TPSA) is 21.6 Å². The Hall–Kier alpha value is -1.02. The number of hydrogen-bond donors (Lipinski definition) is 0. The van der Waals surface area contributed by atoms with Crippen molar-refractivity contribution in [2.75, 3.05) is 6.61 Å². The summed E-state index contributed by atoms with van der Waals surface area (Å²) in [6.07, 6.45) is 6.43. The molecule has 0 atom stereocenters. The minimum Gasteiger partial charge on any atom is -0.396 e. The second-order valence-corrected chi connectivity index (χ2v) is 4.06. The predicted octanol–water partition coefficient (Wildman–Crippen LogP) is 4.27.